The van der Waals surface area contributed by atoms with Gasteiger partial charge >= 0.3 is 0 Å². The van der Waals surface area contributed by atoms with Gasteiger partial charge in [-0.3, -0.25) is 9.48 Å². The second-order valence-electron chi connectivity index (χ2n) is 5.34. The van der Waals surface area contributed by atoms with Crippen LogP contribution in [0.5, 0.6) is 0 Å². The Morgan fingerprint density at radius 1 is 1.24 bits per heavy atom. The predicted molar refractivity (Wildman–Crippen MR) is 95.1 cm³/mol. The number of amides is 1. The molecule has 1 N–H and O–H groups in total. The highest BCUT2D eigenvalue weighted by atomic mass is 32.2. The summed E-state index contributed by atoms with van der Waals surface area (Å²) in [6, 6.07) is 9.73. The third-order valence-electron chi connectivity index (χ3n) is 3.69. The van der Waals surface area contributed by atoms with E-state index in [-0.39, 0.29) is 11.9 Å². The summed E-state index contributed by atoms with van der Waals surface area (Å²) in [5.74, 6) is -0.194. The van der Waals surface area contributed by atoms with E-state index in [9.17, 15) is 4.79 Å². The molecule has 0 fully saturated rings. The molecule has 3 rings (SSSR count). The first-order chi connectivity index (χ1) is 12.3. The Morgan fingerprint density at radius 2 is 2.00 bits per heavy atom. The first-order valence-electron chi connectivity index (χ1n) is 7.80. The van der Waals surface area contributed by atoms with Crippen molar-refractivity contribution < 1.29 is 4.79 Å². The fraction of sp³-hybridized carbons (Fsp3) is 0.235. The Balaban J connectivity index is 1.72. The summed E-state index contributed by atoms with van der Waals surface area (Å²) in [7, 11) is 0. The molecule has 3 aromatic rings. The van der Waals surface area contributed by atoms with Gasteiger partial charge in [0.2, 0.25) is 0 Å². The Hall–Kier alpha value is -2.74. The molecule has 1 atom stereocenters. The van der Waals surface area contributed by atoms with Crippen LogP contribution in [-0.4, -0.2) is 36.9 Å². The molecule has 25 heavy (non-hydrogen) atoms. The minimum atomic E-state index is -0.194. The molecule has 1 aromatic carbocycles. The van der Waals surface area contributed by atoms with E-state index in [0.29, 0.717) is 23.7 Å². The predicted octanol–water partition coefficient (Wildman–Crippen LogP) is 2.35. The molecule has 128 valence electrons. The molecule has 0 bridgehead atoms. The Kier molecular flexibility index (Phi) is 5.73. The molecular weight excluding hydrogens is 336 g/mol. The van der Waals surface area contributed by atoms with Gasteiger partial charge in [-0.1, -0.05) is 42.1 Å². The van der Waals surface area contributed by atoms with E-state index in [4.69, 9.17) is 0 Å². The lowest BCUT2D eigenvalue weighted by atomic mass is 10.0. The molecule has 7 nitrogen and oxygen atoms in total. The molecule has 8 heteroatoms. The third-order valence-corrected chi connectivity index (χ3v) is 4.27. The molecule has 2 heterocycles. The topological polar surface area (TPSA) is 85.6 Å². The summed E-state index contributed by atoms with van der Waals surface area (Å²) in [5.41, 5.74) is 1.48. The van der Waals surface area contributed by atoms with Gasteiger partial charge in [-0.05, 0) is 18.2 Å². The zero-order valence-electron chi connectivity index (χ0n) is 13.7. The number of hydrogen-bond acceptors (Lipinski definition) is 6. The summed E-state index contributed by atoms with van der Waals surface area (Å²) in [5, 5.41) is 7.81. The van der Waals surface area contributed by atoms with Gasteiger partial charge < -0.3 is 5.32 Å². The van der Waals surface area contributed by atoms with Crippen LogP contribution in [0.4, 0.5) is 0 Å². The van der Waals surface area contributed by atoms with Crippen molar-refractivity contribution in [2.45, 2.75) is 24.2 Å². The lowest BCUT2D eigenvalue weighted by Crippen LogP contribution is -2.29. The average molecular weight is 354 g/mol. The Bertz CT molecular complexity index is 792. The minimum absolute atomic E-state index is 0.141. The van der Waals surface area contributed by atoms with E-state index in [1.165, 1.54) is 18.1 Å². The number of carbonyl (C=O) groups is 1. The summed E-state index contributed by atoms with van der Waals surface area (Å²) in [4.78, 5) is 24.8. The Morgan fingerprint density at radius 3 is 2.64 bits per heavy atom. The van der Waals surface area contributed by atoms with Crippen molar-refractivity contribution in [2.24, 2.45) is 0 Å². The van der Waals surface area contributed by atoms with E-state index < -0.39 is 0 Å². The molecule has 2 aromatic heterocycles. The number of thioether (sulfide) groups is 1. The lowest BCUT2D eigenvalue weighted by Gasteiger charge is -2.19. The fourth-order valence-corrected chi connectivity index (χ4v) is 2.71. The summed E-state index contributed by atoms with van der Waals surface area (Å²) >= 11 is 1.44. The second kappa shape index (κ2) is 8.39. The van der Waals surface area contributed by atoms with Gasteiger partial charge in [-0.15, -0.1) is 0 Å². The summed E-state index contributed by atoms with van der Waals surface area (Å²) < 4.78 is 1.75. The maximum atomic E-state index is 12.6. The van der Waals surface area contributed by atoms with Crippen LogP contribution in [0.2, 0.25) is 0 Å². The van der Waals surface area contributed by atoms with Gasteiger partial charge in [-0.2, -0.15) is 5.10 Å². The fourth-order valence-electron chi connectivity index (χ4n) is 2.40. The van der Waals surface area contributed by atoms with Gasteiger partial charge in [0.25, 0.3) is 5.91 Å². The number of nitrogens with one attached hydrogen (secondary N) is 1. The Labute approximate surface area is 149 Å². The highest BCUT2D eigenvalue weighted by Gasteiger charge is 2.16. The molecule has 0 aliphatic carbocycles. The standard InChI is InChI=1S/C17H18N6OS/c1-25-17-19-9-14(10-20-17)16(24)22-15(13-5-3-2-4-6-13)7-8-23-12-18-11-21-23/h2-6,9-12,15H,7-8H2,1H3,(H,22,24)/t15-/m0/s1. The normalized spacial score (nSPS) is 11.9. The van der Waals surface area contributed by atoms with Crippen LogP contribution in [0.15, 0.2) is 60.5 Å². The first kappa shape index (κ1) is 17.1. The van der Waals surface area contributed by atoms with Crippen molar-refractivity contribution in [2.75, 3.05) is 6.26 Å². The average Bonchev–Trinajstić information content (AvgIpc) is 3.19. The molecule has 1 amide bonds. The smallest absolute Gasteiger partial charge is 0.254 e. The third kappa shape index (κ3) is 4.63. The number of nitrogens with zero attached hydrogens (tertiary/aromatic N) is 5. The largest absolute Gasteiger partial charge is 0.345 e. The first-order valence-corrected chi connectivity index (χ1v) is 9.03. The zero-order chi connectivity index (χ0) is 17.5. The number of hydrogen-bond donors (Lipinski definition) is 1. The van der Waals surface area contributed by atoms with Crippen LogP contribution in [-0.2, 0) is 6.54 Å². The molecule has 0 saturated carbocycles. The lowest BCUT2D eigenvalue weighted by molar-refractivity contribution is 0.0932. The van der Waals surface area contributed by atoms with Crippen molar-refractivity contribution in [1.82, 2.24) is 30.0 Å². The van der Waals surface area contributed by atoms with Gasteiger partial charge in [0, 0.05) is 18.9 Å². The van der Waals surface area contributed by atoms with Crippen LogP contribution in [0.1, 0.15) is 28.4 Å². The maximum Gasteiger partial charge on any atom is 0.254 e. The van der Waals surface area contributed by atoms with Crippen molar-refractivity contribution in [3.8, 4) is 0 Å². The maximum absolute atomic E-state index is 12.6. The van der Waals surface area contributed by atoms with E-state index in [1.54, 1.807) is 23.4 Å². The molecule has 0 unspecified atom stereocenters. The highest BCUT2D eigenvalue weighted by molar-refractivity contribution is 7.98. The molecular formula is C17H18N6OS. The zero-order valence-corrected chi connectivity index (χ0v) is 14.6. The van der Waals surface area contributed by atoms with Gasteiger partial charge in [0.05, 0.1) is 11.6 Å². The van der Waals surface area contributed by atoms with Crippen LogP contribution in [0.25, 0.3) is 0 Å². The van der Waals surface area contributed by atoms with E-state index >= 15 is 0 Å². The van der Waals surface area contributed by atoms with E-state index in [1.807, 2.05) is 36.6 Å². The van der Waals surface area contributed by atoms with Crippen molar-refractivity contribution in [3.63, 3.8) is 0 Å². The molecule has 0 aliphatic heterocycles. The quantitative estimate of drug-likeness (QED) is 0.518. The molecule has 0 radical (unpaired) electrons. The minimum Gasteiger partial charge on any atom is -0.345 e. The second-order valence-corrected chi connectivity index (χ2v) is 6.12. The van der Waals surface area contributed by atoms with Crippen molar-refractivity contribution >= 4 is 17.7 Å². The molecule has 0 saturated heterocycles. The van der Waals surface area contributed by atoms with Crippen molar-refractivity contribution in [3.05, 3.63) is 66.5 Å². The number of aryl methyl sites for hydroxylation is 1. The summed E-state index contributed by atoms with van der Waals surface area (Å²) in [6.07, 6.45) is 8.86. The van der Waals surface area contributed by atoms with E-state index in [0.717, 1.165) is 5.56 Å². The monoisotopic (exact) mass is 354 g/mol. The van der Waals surface area contributed by atoms with Gasteiger partial charge in [0.15, 0.2) is 5.16 Å². The van der Waals surface area contributed by atoms with Gasteiger partial charge in [0.1, 0.15) is 12.7 Å². The summed E-state index contributed by atoms with van der Waals surface area (Å²) in [6.45, 7) is 0.655. The van der Waals surface area contributed by atoms with E-state index in [2.05, 4.69) is 25.4 Å². The number of carbonyl (C=O) groups excluding carboxylic acids is 1. The number of aromatic nitrogens is 5. The van der Waals surface area contributed by atoms with Gasteiger partial charge in [-0.25, -0.2) is 15.0 Å². The molecule has 0 aliphatic rings. The van der Waals surface area contributed by atoms with Crippen LogP contribution >= 0.6 is 11.8 Å². The van der Waals surface area contributed by atoms with Crippen LogP contribution in [0, 0.1) is 0 Å². The number of rotatable bonds is 7. The molecule has 0 spiro atoms. The van der Waals surface area contributed by atoms with Crippen molar-refractivity contribution in [1.29, 1.82) is 0 Å². The highest BCUT2D eigenvalue weighted by Crippen LogP contribution is 2.18. The van der Waals surface area contributed by atoms with Crippen LogP contribution in [0.3, 0.4) is 0 Å². The number of benzene rings is 1. The van der Waals surface area contributed by atoms with Crippen LogP contribution < -0.4 is 5.32 Å². The SMILES string of the molecule is CSc1ncc(C(=O)N[C@@H](CCn2cncn2)c2ccccc2)cn1.